The number of hydrogen-bond acceptors (Lipinski definition) is 6. The van der Waals surface area contributed by atoms with Gasteiger partial charge in [-0.15, -0.1) is 0 Å². The van der Waals surface area contributed by atoms with Crippen molar-refractivity contribution < 1.29 is 18.7 Å². The van der Waals surface area contributed by atoms with E-state index in [-0.39, 0.29) is 18.5 Å². The summed E-state index contributed by atoms with van der Waals surface area (Å²) < 4.78 is 21.9. The quantitative estimate of drug-likeness (QED) is 0.203. The highest BCUT2D eigenvalue weighted by atomic mass is 35.5. The number of rotatable bonds is 8. The lowest BCUT2D eigenvalue weighted by atomic mass is 9.90. The molecule has 1 saturated carbocycles. The van der Waals surface area contributed by atoms with E-state index in [1.807, 2.05) is 35.8 Å². The molecular weight excluding hydrogens is 607 g/mol. The van der Waals surface area contributed by atoms with Crippen LogP contribution in [0.5, 0.6) is 5.75 Å². The maximum absolute atomic E-state index is 13.7. The molecule has 2 N–H and O–H groups in total. The van der Waals surface area contributed by atoms with Crippen LogP contribution < -0.4 is 15.4 Å². The smallest absolute Gasteiger partial charge is 0.271 e. The van der Waals surface area contributed by atoms with Crippen LogP contribution in [0, 0.1) is 11.7 Å². The normalized spacial score (nSPS) is 16.3. The number of carbonyl (C=O) groups excluding carboxylic acids is 2. The van der Waals surface area contributed by atoms with Crippen LogP contribution in [0.25, 0.3) is 22.2 Å². The second-order valence-corrected chi connectivity index (χ2v) is 13.0. The number of anilines is 1. The Bertz CT molecular complexity index is 2000. The topological polar surface area (TPSA) is 116 Å². The number of amides is 2. The summed E-state index contributed by atoms with van der Waals surface area (Å²) >= 11 is 6.04. The van der Waals surface area contributed by atoms with Crippen molar-refractivity contribution in [1.29, 1.82) is 0 Å². The molecule has 0 radical (unpaired) electrons. The van der Waals surface area contributed by atoms with Crippen LogP contribution in [0.2, 0.25) is 5.02 Å². The van der Waals surface area contributed by atoms with Gasteiger partial charge in [-0.05, 0) is 99.5 Å². The van der Waals surface area contributed by atoms with Crippen LogP contribution >= 0.6 is 11.6 Å². The molecule has 0 spiro atoms. The predicted molar refractivity (Wildman–Crippen MR) is 173 cm³/mol. The van der Waals surface area contributed by atoms with Gasteiger partial charge < -0.3 is 15.0 Å². The Morgan fingerprint density at radius 2 is 1.91 bits per heavy atom. The molecule has 0 unspecified atom stereocenters. The fourth-order valence-corrected chi connectivity index (χ4v) is 6.32. The van der Waals surface area contributed by atoms with Gasteiger partial charge in [0.15, 0.2) is 5.60 Å². The lowest BCUT2D eigenvalue weighted by Crippen LogP contribution is -2.52. The van der Waals surface area contributed by atoms with E-state index >= 15 is 0 Å². The minimum atomic E-state index is -1.16. The van der Waals surface area contributed by atoms with Gasteiger partial charge >= 0.3 is 0 Å². The van der Waals surface area contributed by atoms with E-state index in [4.69, 9.17) is 27.1 Å². The summed E-state index contributed by atoms with van der Waals surface area (Å²) in [5.41, 5.74) is 10.8. The molecule has 11 heteroatoms. The summed E-state index contributed by atoms with van der Waals surface area (Å²) in [4.78, 5) is 41.9. The summed E-state index contributed by atoms with van der Waals surface area (Å²) in [5, 5.41) is 0.508. The Morgan fingerprint density at radius 1 is 1.11 bits per heavy atom. The van der Waals surface area contributed by atoms with Crippen LogP contribution in [0.3, 0.4) is 0 Å². The zero-order valence-corrected chi connectivity index (χ0v) is 26.4. The Morgan fingerprint density at radius 3 is 2.59 bits per heavy atom. The van der Waals surface area contributed by atoms with Gasteiger partial charge in [0.1, 0.15) is 11.6 Å². The lowest BCUT2D eigenvalue weighted by Gasteiger charge is -2.39. The van der Waals surface area contributed by atoms with Crippen molar-refractivity contribution in [1.82, 2.24) is 19.5 Å². The van der Waals surface area contributed by atoms with Crippen molar-refractivity contribution >= 4 is 40.1 Å². The van der Waals surface area contributed by atoms with Crippen LogP contribution in [0.1, 0.15) is 67.0 Å². The number of primary amides is 1. The van der Waals surface area contributed by atoms with Crippen molar-refractivity contribution in [3.8, 4) is 16.9 Å². The molecule has 1 aliphatic carbocycles. The first-order valence-corrected chi connectivity index (χ1v) is 15.6. The van der Waals surface area contributed by atoms with Crippen molar-refractivity contribution in [2.24, 2.45) is 11.7 Å². The fourth-order valence-electron chi connectivity index (χ4n) is 6.21. The number of halogens is 2. The standard InChI is InChI=1S/C35H32ClFN6O3/c1-19(26-10-8-24(37)16-40-26)43-18-41-32-28(43)13-22(12-20-4-5-20)31(33(38)44)30(32)21-6-11-27-29(14-21)46-35(2,3)34(45)42(27)17-25-9-7-23(36)15-39-25/h6-11,13-16,18-20H,4-5,12,17H2,1-3H3,(H2,38,44)/t19-/m1/s1. The van der Waals surface area contributed by atoms with Gasteiger partial charge in [0.05, 0.1) is 63.8 Å². The molecule has 2 aliphatic rings. The monoisotopic (exact) mass is 638 g/mol. The molecule has 1 atom stereocenters. The summed E-state index contributed by atoms with van der Waals surface area (Å²) in [7, 11) is 0. The molecule has 0 saturated heterocycles. The number of imidazole rings is 1. The average molecular weight is 639 g/mol. The summed E-state index contributed by atoms with van der Waals surface area (Å²) in [6.45, 7) is 5.65. The Hall–Kier alpha value is -4.83. The number of benzene rings is 2. The van der Waals surface area contributed by atoms with Gasteiger partial charge in [-0.3, -0.25) is 24.5 Å². The van der Waals surface area contributed by atoms with Crippen LogP contribution in [-0.2, 0) is 17.8 Å². The van der Waals surface area contributed by atoms with Crippen molar-refractivity contribution in [2.45, 2.75) is 58.2 Å². The predicted octanol–water partition coefficient (Wildman–Crippen LogP) is 6.65. The molecule has 3 aromatic heterocycles. The van der Waals surface area contributed by atoms with E-state index in [1.54, 1.807) is 49.5 Å². The molecule has 2 amide bonds. The molecule has 7 rings (SSSR count). The summed E-state index contributed by atoms with van der Waals surface area (Å²) in [6, 6.07) is 13.8. The number of ether oxygens (including phenoxy) is 1. The van der Waals surface area contributed by atoms with Gasteiger partial charge in [0.25, 0.3) is 5.91 Å². The number of carbonyl (C=O) groups is 2. The molecule has 9 nitrogen and oxygen atoms in total. The van der Waals surface area contributed by atoms with E-state index in [0.717, 1.165) is 23.9 Å². The Balaban J connectivity index is 1.39. The third-order valence-corrected chi connectivity index (χ3v) is 9.00. The highest BCUT2D eigenvalue weighted by molar-refractivity contribution is 6.30. The van der Waals surface area contributed by atoms with E-state index in [0.29, 0.717) is 62.4 Å². The van der Waals surface area contributed by atoms with Gasteiger partial charge in [-0.1, -0.05) is 17.7 Å². The number of hydrogen-bond donors (Lipinski definition) is 1. The average Bonchev–Trinajstić information content (AvgIpc) is 3.74. The van der Waals surface area contributed by atoms with Crippen molar-refractivity contribution in [3.63, 3.8) is 0 Å². The molecule has 2 aromatic carbocycles. The Labute approximate surface area is 270 Å². The van der Waals surface area contributed by atoms with Crippen molar-refractivity contribution in [3.05, 3.63) is 101 Å². The van der Waals surface area contributed by atoms with Gasteiger partial charge in [-0.25, -0.2) is 9.37 Å². The molecule has 5 aromatic rings. The van der Waals surface area contributed by atoms with E-state index < -0.39 is 17.3 Å². The van der Waals surface area contributed by atoms with Crippen LogP contribution in [0.4, 0.5) is 10.1 Å². The SMILES string of the molecule is C[C@H](c1ccc(F)cn1)n1cnc2c(-c3ccc4c(c3)OC(C)(C)C(=O)N4Cc3ccc(Cl)cn3)c(C(N)=O)c(CC3CC3)cc21. The molecular formula is C35H32ClFN6O3. The van der Waals surface area contributed by atoms with Gasteiger partial charge in [-0.2, -0.15) is 0 Å². The molecule has 0 bridgehead atoms. The lowest BCUT2D eigenvalue weighted by molar-refractivity contribution is -0.132. The molecule has 46 heavy (non-hydrogen) atoms. The van der Waals surface area contributed by atoms with E-state index in [9.17, 15) is 14.0 Å². The first-order chi connectivity index (χ1) is 22.0. The first-order valence-electron chi connectivity index (χ1n) is 15.2. The van der Waals surface area contributed by atoms with Crippen LogP contribution in [0.15, 0.2) is 67.3 Å². The molecule has 1 aliphatic heterocycles. The first kappa shape index (κ1) is 29.9. The third kappa shape index (κ3) is 5.36. The molecule has 1 fully saturated rings. The van der Waals surface area contributed by atoms with E-state index in [1.165, 1.54) is 12.3 Å². The van der Waals surface area contributed by atoms with Gasteiger partial charge in [0.2, 0.25) is 5.91 Å². The zero-order chi connectivity index (χ0) is 32.3. The summed E-state index contributed by atoms with van der Waals surface area (Å²) in [5.74, 6) is -0.201. The summed E-state index contributed by atoms with van der Waals surface area (Å²) in [6.07, 6.45) is 7.36. The largest absolute Gasteiger partial charge is 0.476 e. The minimum absolute atomic E-state index is 0.210. The highest BCUT2D eigenvalue weighted by Crippen LogP contribution is 2.45. The molecule has 4 heterocycles. The van der Waals surface area contributed by atoms with Crippen molar-refractivity contribution in [2.75, 3.05) is 4.90 Å². The number of nitrogens with zero attached hydrogens (tertiary/aromatic N) is 5. The number of nitrogens with two attached hydrogens (primary N) is 1. The number of aromatic nitrogens is 4. The van der Waals surface area contributed by atoms with Gasteiger partial charge in [0, 0.05) is 11.8 Å². The second kappa shape index (κ2) is 11.2. The fraction of sp³-hybridized carbons (Fsp3) is 0.286. The third-order valence-electron chi connectivity index (χ3n) is 8.77. The maximum Gasteiger partial charge on any atom is 0.271 e. The van der Waals surface area contributed by atoms with E-state index in [2.05, 4.69) is 9.97 Å². The van der Waals surface area contributed by atoms with Crippen LogP contribution in [-0.4, -0.2) is 36.9 Å². The Kier molecular flexibility index (Phi) is 7.27. The highest BCUT2D eigenvalue weighted by Gasteiger charge is 2.41. The minimum Gasteiger partial charge on any atom is -0.476 e. The molecule has 234 valence electrons. The number of fused-ring (bicyclic) bond motifs is 2. The second-order valence-electron chi connectivity index (χ2n) is 12.5. The maximum atomic E-state index is 13.7. The number of pyridine rings is 2. The zero-order valence-electron chi connectivity index (χ0n) is 25.6.